The third kappa shape index (κ3) is 6.79. The molecule has 7 heterocycles. The van der Waals surface area contributed by atoms with E-state index in [-0.39, 0.29) is 24.7 Å². The number of para-hydroxylation sites is 1. The Bertz CT molecular complexity index is 2410. The maximum Gasteiger partial charge on any atom is 0.268 e. The maximum atomic E-state index is 15.4. The summed E-state index contributed by atoms with van der Waals surface area (Å²) in [6, 6.07) is 12.1. The Kier molecular flexibility index (Phi) is 9.39. The molecule has 2 aromatic heterocycles. The highest BCUT2D eigenvalue weighted by Gasteiger charge is 2.50. The second-order valence-corrected chi connectivity index (χ2v) is 17.6. The molecule has 2 aromatic carbocycles. The van der Waals surface area contributed by atoms with E-state index in [2.05, 4.69) is 85.3 Å². The number of aryl methyl sites for hydroxylation is 1. The molecule has 4 aromatic rings. The van der Waals surface area contributed by atoms with Crippen molar-refractivity contribution in [3.05, 3.63) is 101 Å². The van der Waals surface area contributed by atoms with Crippen molar-refractivity contribution in [2.24, 2.45) is 13.0 Å². The zero-order valence-electron chi connectivity index (χ0n) is 33.9. The average molecular weight is 820 g/mol. The lowest BCUT2D eigenvalue weighted by Crippen LogP contribution is -2.51. The largest absolute Gasteiger partial charge is 0.375 e. The highest BCUT2D eigenvalue weighted by molar-refractivity contribution is 6.33. The lowest BCUT2D eigenvalue weighted by Gasteiger charge is -2.38. The van der Waals surface area contributed by atoms with Crippen LogP contribution in [0.1, 0.15) is 62.1 Å². The Balaban J connectivity index is 0.815. The molecule has 10 rings (SSSR count). The molecular weight excluding hydrogens is 768 g/mol. The van der Waals surface area contributed by atoms with E-state index in [1.165, 1.54) is 16.6 Å². The molecule has 5 aliphatic heterocycles. The highest BCUT2D eigenvalue weighted by Crippen LogP contribution is 2.49. The van der Waals surface area contributed by atoms with Gasteiger partial charge >= 0.3 is 0 Å². The number of allylic oxidation sites excluding steroid dienone is 3. The van der Waals surface area contributed by atoms with Crippen molar-refractivity contribution in [1.29, 1.82) is 0 Å². The Morgan fingerprint density at radius 3 is 2.53 bits per heavy atom. The number of anilines is 5. The summed E-state index contributed by atoms with van der Waals surface area (Å²) in [6.45, 7) is 18.1. The summed E-state index contributed by atoms with van der Waals surface area (Å²) >= 11 is 6.71. The summed E-state index contributed by atoms with van der Waals surface area (Å²) in [6.07, 6.45) is 6.36. The van der Waals surface area contributed by atoms with Gasteiger partial charge in [-0.05, 0) is 74.3 Å². The fraction of sp³-hybridized carbons (Fsp3) is 0.444. The number of aromatic nitrogens is 4. The van der Waals surface area contributed by atoms with Crippen molar-refractivity contribution < 1.29 is 8.78 Å². The Morgan fingerprint density at radius 2 is 1.75 bits per heavy atom. The number of hydrogen-bond donors (Lipinski definition) is 3. The van der Waals surface area contributed by atoms with Crippen molar-refractivity contribution in [2.75, 3.05) is 66.3 Å². The molecule has 3 atom stereocenters. The van der Waals surface area contributed by atoms with E-state index in [1.54, 1.807) is 6.20 Å². The van der Waals surface area contributed by atoms with Crippen LogP contribution in [0.3, 0.4) is 0 Å². The van der Waals surface area contributed by atoms with E-state index in [4.69, 9.17) is 21.7 Å². The Labute approximate surface area is 349 Å². The van der Waals surface area contributed by atoms with Gasteiger partial charge in [0.1, 0.15) is 5.02 Å². The molecule has 0 bridgehead atoms. The monoisotopic (exact) mass is 819 g/mol. The van der Waals surface area contributed by atoms with Crippen LogP contribution in [-0.2, 0) is 7.05 Å². The summed E-state index contributed by atoms with van der Waals surface area (Å²) in [5.41, 5.74) is 10.4. The van der Waals surface area contributed by atoms with Crippen molar-refractivity contribution >= 4 is 57.0 Å². The van der Waals surface area contributed by atoms with Crippen LogP contribution in [0.5, 0.6) is 0 Å². The molecule has 6 aliphatic rings. The van der Waals surface area contributed by atoms with Gasteiger partial charge in [-0.2, -0.15) is 10.1 Å². The van der Waals surface area contributed by atoms with Gasteiger partial charge in [0.2, 0.25) is 5.95 Å². The van der Waals surface area contributed by atoms with Gasteiger partial charge in [-0.3, -0.25) is 9.58 Å². The van der Waals surface area contributed by atoms with Crippen LogP contribution in [0.15, 0.2) is 85.0 Å². The molecule has 14 heteroatoms. The van der Waals surface area contributed by atoms with Gasteiger partial charge in [-0.1, -0.05) is 43.5 Å². The molecule has 0 radical (unpaired) electrons. The lowest BCUT2D eigenvalue weighted by atomic mass is 9.90. The minimum Gasteiger partial charge on any atom is -0.375 e. The molecule has 59 heavy (non-hydrogen) atoms. The van der Waals surface area contributed by atoms with Crippen molar-refractivity contribution in [1.82, 2.24) is 35.3 Å². The quantitative estimate of drug-likeness (QED) is 0.170. The Morgan fingerprint density at radius 1 is 0.932 bits per heavy atom. The lowest BCUT2D eigenvalue weighted by molar-refractivity contribution is -0.0441. The second kappa shape index (κ2) is 14.5. The average Bonchev–Trinajstić information content (AvgIpc) is 3.87. The van der Waals surface area contributed by atoms with Gasteiger partial charge in [0.05, 0.1) is 34.8 Å². The first kappa shape index (κ1) is 38.1. The molecule has 0 spiro atoms. The fourth-order valence-corrected chi connectivity index (χ4v) is 10.2. The van der Waals surface area contributed by atoms with Gasteiger partial charge < -0.3 is 30.7 Å². The standard InChI is InChI=1S/C45H52ClF2N11/c1-26-9-13-32(27(2)50-26)40-34-7-6-8-38(41(34)56(5)54-40)59-18-16-31(25-59)57-19-21-58(22-20-57)44-49-24-36(46)43(53-44)51-30-12-14-37-35(23-30)39-33(28(3)55(37)4)15-17-45(47,48)42(52-39)29-10-11-29/h6-8,12,14,23-24,29,31-32,42,50,52H,1-3,9-11,13,15-22,25H2,4-5H3,(H,49,51,53). The predicted molar refractivity (Wildman–Crippen MR) is 234 cm³/mol. The molecule has 1 aliphatic carbocycles. The first-order valence-corrected chi connectivity index (χ1v) is 21.4. The minimum absolute atomic E-state index is 0.0169. The van der Waals surface area contributed by atoms with Crippen molar-refractivity contribution in [2.45, 2.75) is 68.9 Å². The van der Waals surface area contributed by atoms with Gasteiger partial charge in [0.25, 0.3) is 5.92 Å². The molecule has 3 saturated heterocycles. The topological polar surface area (TPSA) is 92.7 Å². The zero-order chi connectivity index (χ0) is 40.7. The number of rotatable bonds is 7. The van der Waals surface area contributed by atoms with Gasteiger partial charge in [-0.15, -0.1) is 0 Å². The number of nitrogens with one attached hydrogen (secondary N) is 3. The van der Waals surface area contributed by atoms with E-state index < -0.39 is 12.0 Å². The number of alkyl halides is 2. The van der Waals surface area contributed by atoms with E-state index in [1.807, 2.05) is 30.1 Å². The summed E-state index contributed by atoms with van der Waals surface area (Å²) in [7, 11) is 4.00. The number of likely N-dealkylation sites (N-methyl/N-ethyl adjacent to an activating group) is 1. The van der Waals surface area contributed by atoms with Crippen LogP contribution in [0.25, 0.3) is 16.6 Å². The predicted octanol–water partition coefficient (Wildman–Crippen LogP) is 8.13. The normalized spacial score (nSPS) is 24.9. The number of fused-ring (bicyclic) bond motifs is 3. The SMILES string of the molecule is C=C1CCC(c2nn(C)c3c(N4CCC(N5CCN(c6ncc(Cl)c(Nc7ccc8c(c7)C7=C(CCC(F)(F)C(C9CC9)N7)C(=C)N8C)n6)CC5)C4)cccc23)C(=C)N1. The minimum atomic E-state index is -2.79. The number of benzene rings is 2. The number of piperazine rings is 1. The van der Waals surface area contributed by atoms with Crippen LogP contribution >= 0.6 is 11.6 Å². The van der Waals surface area contributed by atoms with Gasteiger partial charge in [-0.25, -0.2) is 13.8 Å². The van der Waals surface area contributed by atoms with Crippen LogP contribution in [0.4, 0.5) is 37.6 Å². The number of nitrogens with zero attached hydrogens (tertiary/aromatic N) is 8. The van der Waals surface area contributed by atoms with Crippen LogP contribution in [-0.4, -0.2) is 89.0 Å². The van der Waals surface area contributed by atoms with Gasteiger partial charge in [0, 0.05) is 111 Å². The number of piperidine rings is 1. The first-order chi connectivity index (χ1) is 28.4. The molecule has 4 fully saturated rings. The first-order valence-electron chi connectivity index (χ1n) is 21.0. The maximum absolute atomic E-state index is 15.4. The van der Waals surface area contributed by atoms with Gasteiger partial charge in [0.15, 0.2) is 5.82 Å². The van der Waals surface area contributed by atoms with E-state index in [0.29, 0.717) is 22.8 Å². The third-order valence-corrected chi connectivity index (χ3v) is 13.8. The molecular formula is C45H52ClF2N11. The van der Waals surface area contributed by atoms with E-state index in [0.717, 1.165) is 122 Å². The Hall–Kier alpha value is -5.14. The summed E-state index contributed by atoms with van der Waals surface area (Å²) in [4.78, 5) is 18.9. The molecule has 0 amide bonds. The second-order valence-electron chi connectivity index (χ2n) is 17.2. The summed E-state index contributed by atoms with van der Waals surface area (Å²) in [5.74, 6) is -1.51. The van der Waals surface area contributed by atoms with Crippen molar-refractivity contribution in [3.63, 3.8) is 0 Å². The van der Waals surface area contributed by atoms with E-state index >= 15 is 8.78 Å². The summed E-state index contributed by atoms with van der Waals surface area (Å²) in [5, 5.41) is 16.8. The number of hydrogen-bond acceptors (Lipinski definition) is 10. The smallest absolute Gasteiger partial charge is 0.268 e. The van der Waals surface area contributed by atoms with E-state index in [9.17, 15) is 0 Å². The molecule has 3 unspecified atom stereocenters. The molecule has 11 nitrogen and oxygen atoms in total. The zero-order valence-corrected chi connectivity index (χ0v) is 34.6. The molecule has 3 N–H and O–H groups in total. The number of halogens is 3. The molecule has 1 saturated carbocycles. The van der Waals surface area contributed by atoms with Crippen LogP contribution in [0, 0.1) is 5.92 Å². The highest BCUT2D eigenvalue weighted by atomic mass is 35.5. The van der Waals surface area contributed by atoms with Crippen molar-refractivity contribution in [3.8, 4) is 0 Å². The van der Waals surface area contributed by atoms with Crippen LogP contribution in [0.2, 0.25) is 5.02 Å². The fourth-order valence-electron chi connectivity index (χ4n) is 10.1. The van der Waals surface area contributed by atoms with Crippen LogP contribution < -0.4 is 30.7 Å². The summed E-state index contributed by atoms with van der Waals surface area (Å²) < 4.78 is 32.8. The third-order valence-electron chi connectivity index (χ3n) is 13.5. The molecule has 308 valence electrons.